The fourth-order valence-corrected chi connectivity index (χ4v) is 5.12. The third-order valence-electron chi connectivity index (χ3n) is 4.18. The Morgan fingerprint density at radius 3 is 2.31 bits per heavy atom. The van der Waals surface area contributed by atoms with Crippen molar-refractivity contribution in [3.8, 4) is 17.2 Å². The van der Waals surface area contributed by atoms with Gasteiger partial charge in [0.25, 0.3) is 5.91 Å². The van der Waals surface area contributed by atoms with Gasteiger partial charge < -0.3 is 20.2 Å². The Balaban J connectivity index is 1.63. The number of hydrogen-bond donors (Lipinski definition) is 4. The van der Waals surface area contributed by atoms with E-state index >= 15 is 0 Å². The summed E-state index contributed by atoms with van der Waals surface area (Å²) in [5, 5.41) is 30.1. The molecule has 10 heteroatoms. The van der Waals surface area contributed by atoms with Crippen LogP contribution in [-0.4, -0.2) is 53.7 Å². The number of phenols is 3. The summed E-state index contributed by atoms with van der Waals surface area (Å²) in [7, 11) is -3.55. The summed E-state index contributed by atoms with van der Waals surface area (Å²) in [6.07, 6.45) is 0.902. The van der Waals surface area contributed by atoms with Crippen molar-refractivity contribution < 1.29 is 28.5 Å². The van der Waals surface area contributed by atoms with Gasteiger partial charge in [0, 0.05) is 24.7 Å². The monoisotopic (exact) mass is 398 g/mol. The fourth-order valence-electron chi connectivity index (χ4n) is 2.80. The van der Waals surface area contributed by atoms with Crippen molar-refractivity contribution in [3.05, 3.63) is 35.2 Å². The summed E-state index contributed by atoms with van der Waals surface area (Å²) in [6, 6.07) is 5.11. The molecule has 1 amide bonds. The topological polar surface area (TPSA) is 127 Å². The number of nitrogens with zero attached hydrogens (tertiary/aromatic N) is 1. The van der Waals surface area contributed by atoms with Crippen LogP contribution in [0.15, 0.2) is 33.9 Å². The van der Waals surface area contributed by atoms with Gasteiger partial charge in [-0.1, -0.05) is 6.07 Å². The molecule has 2 aromatic rings. The molecule has 26 heavy (non-hydrogen) atoms. The Kier molecular flexibility index (Phi) is 5.08. The molecule has 0 saturated carbocycles. The Morgan fingerprint density at radius 2 is 1.77 bits per heavy atom. The summed E-state index contributed by atoms with van der Waals surface area (Å²) in [6.45, 7) is 0.664. The highest BCUT2D eigenvalue weighted by Gasteiger charge is 2.28. The van der Waals surface area contributed by atoms with Crippen molar-refractivity contribution in [3.63, 3.8) is 0 Å². The molecule has 140 valence electrons. The van der Waals surface area contributed by atoms with Crippen LogP contribution >= 0.6 is 11.3 Å². The molecule has 2 heterocycles. The van der Waals surface area contributed by atoms with E-state index in [1.807, 2.05) is 0 Å². The lowest BCUT2D eigenvalue weighted by Crippen LogP contribution is -2.46. The van der Waals surface area contributed by atoms with Crippen molar-refractivity contribution in [2.45, 2.75) is 23.1 Å². The summed E-state index contributed by atoms with van der Waals surface area (Å²) >= 11 is 1.14. The predicted molar refractivity (Wildman–Crippen MR) is 95.0 cm³/mol. The van der Waals surface area contributed by atoms with Crippen molar-refractivity contribution in [1.82, 2.24) is 9.62 Å². The Labute approximate surface area is 154 Å². The quantitative estimate of drug-likeness (QED) is 0.577. The van der Waals surface area contributed by atoms with Gasteiger partial charge in [-0.05, 0) is 36.4 Å². The van der Waals surface area contributed by atoms with E-state index in [-0.39, 0.29) is 15.8 Å². The summed E-state index contributed by atoms with van der Waals surface area (Å²) in [5.74, 6) is -2.24. The maximum absolute atomic E-state index is 12.5. The second-order valence-corrected chi connectivity index (χ2v) is 8.87. The lowest BCUT2D eigenvalue weighted by molar-refractivity contribution is 0.0710. The number of phenolic OH excluding ortho intramolecular Hbond substituents is 3. The van der Waals surface area contributed by atoms with E-state index in [4.69, 9.17) is 0 Å². The number of carbonyl (C=O) groups is 1. The van der Waals surface area contributed by atoms with E-state index in [1.54, 1.807) is 11.4 Å². The Bertz CT molecular complexity index is 880. The number of piperidine rings is 1. The van der Waals surface area contributed by atoms with Crippen LogP contribution in [0.1, 0.15) is 23.2 Å². The number of likely N-dealkylation sites (tertiary alicyclic amines) is 1. The highest BCUT2D eigenvalue weighted by molar-refractivity contribution is 7.91. The third-order valence-corrected chi connectivity index (χ3v) is 7.10. The van der Waals surface area contributed by atoms with Crippen LogP contribution in [0.3, 0.4) is 0 Å². The number of carbonyl (C=O) groups excluding carboxylic acids is 1. The highest BCUT2D eigenvalue weighted by Crippen LogP contribution is 2.35. The second kappa shape index (κ2) is 7.14. The molecule has 1 aliphatic rings. The minimum absolute atomic E-state index is 0.0513. The minimum Gasteiger partial charge on any atom is -0.504 e. The number of amides is 1. The van der Waals surface area contributed by atoms with Gasteiger partial charge in [0.2, 0.25) is 10.0 Å². The van der Waals surface area contributed by atoms with Crippen LogP contribution in [0.5, 0.6) is 17.2 Å². The molecule has 3 rings (SSSR count). The number of aromatic hydroxyl groups is 3. The van der Waals surface area contributed by atoms with Crippen LogP contribution in [-0.2, 0) is 10.0 Å². The number of hydrogen-bond acceptors (Lipinski definition) is 7. The molecule has 4 N–H and O–H groups in total. The first-order valence-corrected chi connectivity index (χ1v) is 10.2. The number of thiophene rings is 1. The normalized spacial score (nSPS) is 15.9. The molecule has 1 aliphatic heterocycles. The standard InChI is InChI=1S/C16H18N2O6S2/c19-12-8-10(9-13(20)15(12)21)16(22)18-5-3-11(4-6-18)17-26(23,24)14-2-1-7-25-14/h1-2,7-9,11,17,19-21H,3-6H2. The molecule has 1 aromatic heterocycles. The fraction of sp³-hybridized carbons (Fsp3) is 0.312. The molecule has 1 saturated heterocycles. The second-order valence-electron chi connectivity index (χ2n) is 5.98. The predicted octanol–water partition coefficient (Wildman–Crippen LogP) is 1.45. The van der Waals surface area contributed by atoms with Gasteiger partial charge in [-0.3, -0.25) is 4.79 Å². The molecule has 1 fully saturated rings. The maximum atomic E-state index is 12.5. The molecule has 0 radical (unpaired) electrons. The lowest BCUT2D eigenvalue weighted by atomic mass is 10.0. The van der Waals surface area contributed by atoms with Gasteiger partial charge in [0.15, 0.2) is 17.2 Å². The van der Waals surface area contributed by atoms with Crippen LogP contribution in [0, 0.1) is 0 Å². The largest absolute Gasteiger partial charge is 0.504 e. The molecule has 1 aromatic carbocycles. The number of benzene rings is 1. The zero-order valence-electron chi connectivity index (χ0n) is 13.6. The number of rotatable bonds is 4. The molecule has 0 aliphatic carbocycles. The van der Waals surface area contributed by atoms with Gasteiger partial charge in [0.05, 0.1) is 0 Å². The minimum atomic E-state index is -3.55. The average molecular weight is 398 g/mol. The van der Waals surface area contributed by atoms with Crippen LogP contribution in [0.4, 0.5) is 0 Å². The smallest absolute Gasteiger partial charge is 0.254 e. The summed E-state index contributed by atoms with van der Waals surface area (Å²) in [4.78, 5) is 14.0. The van der Waals surface area contributed by atoms with Gasteiger partial charge in [-0.25, -0.2) is 13.1 Å². The molecule has 0 unspecified atom stereocenters. The summed E-state index contributed by atoms with van der Waals surface area (Å²) in [5.41, 5.74) is 0.0513. The van der Waals surface area contributed by atoms with Gasteiger partial charge in [-0.15, -0.1) is 11.3 Å². The van der Waals surface area contributed by atoms with Gasteiger partial charge in [0.1, 0.15) is 4.21 Å². The molecule has 8 nitrogen and oxygen atoms in total. The van der Waals surface area contributed by atoms with Crippen molar-refractivity contribution in [2.24, 2.45) is 0 Å². The average Bonchev–Trinajstić information content (AvgIpc) is 3.14. The van der Waals surface area contributed by atoms with Crippen LogP contribution in [0.2, 0.25) is 0 Å². The maximum Gasteiger partial charge on any atom is 0.254 e. The molecule has 0 atom stereocenters. The molecular formula is C16H18N2O6S2. The van der Waals surface area contributed by atoms with E-state index in [1.165, 1.54) is 11.0 Å². The van der Waals surface area contributed by atoms with Gasteiger partial charge in [-0.2, -0.15) is 0 Å². The van der Waals surface area contributed by atoms with Crippen LogP contribution < -0.4 is 4.72 Å². The van der Waals surface area contributed by atoms with Gasteiger partial charge >= 0.3 is 0 Å². The van der Waals surface area contributed by atoms with Crippen molar-refractivity contribution in [1.29, 1.82) is 0 Å². The zero-order valence-corrected chi connectivity index (χ0v) is 15.3. The first-order valence-electron chi connectivity index (χ1n) is 7.88. The first kappa shape index (κ1) is 18.5. The van der Waals surface area contributed by atoms with Crippen LogP contribution in [0.25, 0.3) is 0 Å². The molecular weight excluding hydrogens is 380 g/mol. The molecule has 0 spiro atoms. The van der Waals surface area contributed by atoms with E-state index < -0.39 is 33.2 Å². The van der Waals surface area contributed by atoms with E-state index in [2.05, 4.69) is 4.72 Å². The SMILES string of the molecule is O=C(c1cc(O)c(O)c(O)c1)N1CCC(NS(=O)(=O)c2cccs2)CC1. The molecule has 0 bridgehead atoms. The summed E-state index contributed by atoms with van der Waals surface area (Å²) < 4.78 is 27.4. The van der Waals surface area contributed by atoms with E-state index in [0.717, 1.165) is 23.5 Å². The third kappa shape index (κ3) is 3.76. The van der Waals surface area contributed by atoms with E-state index in [9.17, 15) is 28.5 Å². The Hall–Kier alpha value is -2.30. The zero-order chi connectivity index (χ0) is 18.9. The lowest BCUT2D eigenvalue weighted by Gasteiger charge is -2.32. The Morgan fingerprint density at radius 1 is 1.15 bits per heavy atom. The highest BCUT2D eigenvalue weighted by atomic mass is 32.2. The first-order chi connectivity index (χ1) is 12.3. The van der Waals surface area contributed by atoms with E-state index in [0.29, 0.717) is 25.9 Å². The van der Waals surface area contributed by atoms with Crippen molar-refractivity contribution >= 4 is 27.3 Å². The number of sulfonamides is 1. The van der Waals surface area contributed by atoms with Crippen molar-refractivity contribution in [2.75, 3.05) is 13.1 Å². The number of nitrogens with one attached hydrogen (secondary N) is 1.